The number of piperazine rings is 1. The number of aryl methyl sites for hydroxylation is 1. The molecule has 9 heteroatoms. The quantitative estimate of drug-likeness (QED) is 0.388. The Kier molecular flexibility index (Phi) is 8.44. The van der Waals surface area contributed by atoms with Gasteiger partial charge >= 0.3 is 0 Å². The summed E-state index contributed by atoms with van der Waals surface area (Å²) in [6.07, 6.45) is 2.22. The molecule has 2 heterocycles. The topological polar surface area (TPSA) is 80.3 Å². The van der Waals surface area contributed by atoms with Crippen LogP contribution in [0.2, 0.25) is 0 Å². The first-order valence-corrected chi connectivity index (χ1v) is 11.4. The number of hydrogen-bond acceptors (Lipinski definition) is 4. The van der Waals surface area contributed by atoms with E-state index in [-0.39, 0.29) is 23.7 Å². The highest BCUT2D eigenvalue weighted by atomic mass is 19.1. The van der Waals surface area contributed by atoms with Crippen LogP contribution in [0.3, 0.4) is 0 Å². The van der Waals surface area contributed by atoms with Crippen molar-refractivity contribution in [3.63, 3.8) is 0 Å². The molecule has 1 aromatic carbocycles. The summed E-state index contributed by atoms with van der Waals surface area (Å²) < 4.78 is 13.6. The first-order chi connectivity index (χ1) is 15.4. The van der Waals surface area contributed by atoms with Crippen LogP contribution in [0.4, 0.5) is 4.39 Å². The molecule has 3 rings (SSSR count). The van der Waals surface area contributed by atoms with Gasteiger partial charge in [0.2, 0.25) is 5.91 Å². The van der Waals surface area contributed by atoms with Gasteiger partial charge in [0.25, 0.3) is 5.91 Å². The minimum atomic E-state index is -0.383. The summed E-state index contributed by atoms with van der Waals surface area (Å²) >= 11 is 0. The highest BCUT2D eigenvalue weighted by molar-refractivity contribution is 5.94. The average molecular weight is 447 g/mol. The van der Waals surface area contributed by atoms with Crippen molar-refractivity contribution in [2.75, 3.05) is 59.4 Å². The largest absolute Gasteiger partial charge is 0.354 e. The summed E-state index contributed by atoms with van der Waals surface area (Å²) in [5.41, 5.74) is 0.827. The van der Waals surface area contributed by atoms with Crippen molar-refractivity contribution in [1.29, 1.82) is 0 Å². The molecule has 32 heavy (non-hydrogen) atoms. The molecule has 8 nitrogen and oxygen atoms in total. The van der Waals surface area contributed by atoms with Crippen molar-refractivity contribution < 1.29 is 14.0 Å². The number of carbonyl (C=O) groups is 2. The molecule has 1 unspecified atom stereocenters. The Morgan fingerprint density at radius 1 is 1.03 bits per heavy atom. The Hall–Kier alpha value is -2.68. The molecule has 2 aliphatic rings. The van der Waals surface area contributed by atoms with Crippen molar-refractivity contribution in [1.82, 2.24) is 25.3 Å². The van der Waals surface area contributed by atoms with Crippen molar-refractivity contribution in [2.24, 2.45) is 4.99 Å². The number of halogens is 1. The summed E-state index contributed by atoms with van der Waals surface area (Å²) in [6, 6.07) is 4.39. The molecule has 0 radical (unpaired) electrons. The van der Waals surface area contributed by atoms with Gasteiger partial charge in [0.15, 0.2) is 5.96 Å². The Morgan fingerprint density at radius 2 is 1.69 bits per heavy atom. The number of nitrogens with zero attached hydrogens (tertiary/aromatic N) is 4. The van der Waals surface area contributed by atoms with Crippen LogP contribution in [0, 0.1) is 12.7 Å². The molecular formula is C23H35FN6O2. The maximum absolute atomic E-state index is 13.6. The number of guanidine groups is 1. The number of likely N-dealkylation sites (tertiary alicyclic amines) is 1. The monoisotopic (exact) mass is 446 g/mol. The fourth-order valence-electron chi connectivity index (χ4n) is 4.20. The highest BCUT2D eigenvalue weighted by Gasteiger charge is 2.30. The lowest BCUT2D eigenvalue weighted by Crippen LogP contribution is -2.57. The second-order valence-corrected chi connectivity index (χ2v) is 8.43. The number of carbonyl (C=O) groups excluding carboxylic acids is 2. The summed E-state index contributed by atoms with van der Waals surface area (Å²) in [5, 5.41) is 6.07. The number of aliphatic imine (C=N–C) groups is 1. The summed E-state index contributed by atoms with van der Waals surface area (Å²) in [7, 11) is 1.74. The Morgan fingerprint density at radius 3 is 2.31 bits per heavy atom. The number of hydrogen-bond donors (Lipinski definition) is 2. The zero-order chi connectivity index (χ0) is 23.1. The lowest BCUT2D eigenvalue weighted by atomic mass is 10.1. The lowest BCUT2D eigenvalue weighted by molar-refractivity contribution is -0.135. The van der Waals surface area contributed by atoms with Gasteiger partial charge in [-0.2, -0.15) is 0 Å². The molecular weight excluding hydrogens is 411 g/mol. The van der Waals surface area contributed by atoms with Gasteiger partial charge in [0.05, 0.1) is 6.04 Å². The van der Waals surface area contributed by atoms with Crippen molar-refractivity contribution >= 4 is 17.8 Å². The molecule has 1 aromatic rings. The van der Waals surface area contributed by atoms with Crippen LogP contribution in [-0.2, 0) is 4.79 Å². The van der Waals surface area contributed by atoms with Crippen LogP contribution in [-0.4, -0.2) is 97.9 Å². The lowest BCUT2D eigenvalue weighted by Gasteiger charge is -2.39. The smallest absolute Gasteiger partial charge is 0.251 e. The molecule has 176 valence electrons. The van der Waals surface area contributed by atoms with Crippen LogP contribution in [0.15, 0.2) is 23.2 Å². The number of rotatable bonds is 6. The van der Waals surface area contributed by atoms with E-state index in [9.17, 15) is 14.0 Å². The fourth-order valence-corrected chi connectivity index (χ4v) is 4.20. The molecule has 2 fully saturated rings. The molecule has 0 aliphatic carbocycles. The number of nitrogens with one attached hydrogen (secondary N) is 2. The van der Waals surface area contributed by atoms with E-state index in [4.69, 9.17) is 0 Å². The van der Waals surface area contributed by atoms with Gasteiger partial charge in [-0.15, -0.1) is 0 Å². The predicted molar refractivity (Wildman–Crippen MR) is 123 cm³/mol. The molecule has 2 aliphatic heterocycles. The maximum Gasteiger partial charge on any atom is 0.251 e. The van der Waals surface area contributed by atoms with E-state index in [0.717, 1.165) is 58.1 Å². The highest BCUT2D eigenvalue weighted by Crippen LogP contribution is 2.14. The first-order valence-electron chi connectivity index (χ1n) is 11.4. The van der Waals surface area contributed by atoms with Crippen LogP contribution in [0.5, 0.6) is 0 Å². The zero-order valence-electron chi connectivity index (χ0n) is 19.4. The van der Waals surface area contributed by atoms with Crippen LogP contribution >= 0.6 is 0 Å². The van der Waals surface area contributed by atoms with Gasteiger partial charge in [0, 0.05) is 65.0 Å². The number of amides is 2. The zero-order valence-corrected chi connectivity index (χ0v) is 19.4. The van der Waals surface area contributed by atoms with E-state index in [1.807, 2.05) is 11.8 Å². The molecule has 0 spiro atoms. The molecule has 2 amide bonds. The van der Waals surface area contributed by atoms with Crippen LogP contribution < -0.4 is 10.6 Å². The van der Waals surface area contributed by atoms with Crippen molar-refractivity contribution in [2.45, 2.75) is 32.7 Å². The minimum absolute atomic E-state index is 0.0907. The minimum Gasteiger partial charge on any atom is -0.354 e. The normalized spacial score (nSPS) is 18.6. The Balaban J connectivity index is 1.39. The van der Waals surface area contributed by atoms with E-state index in [1.165, 1.54) is 6.07 Å². The standard InChI is InChI=1S/C23H35FN6O2/c1-17-6-7-19(16-20(17)24)21(31)26-8-9-27-23(25-3)30-14-12-28(13-15-30)18(2)22(32)29-10-4-5-11-29/h6-7,16,18H,4-5,8-15H2,1-3H3,(H,25,27)(H,26,31). The molecule has 2 N–H and O–H groups in total. The Bertz CT molecular complexity index is 832. The van der Waals surface area contributed by atoms with E-state index < -0.39 is 0 Å². The average Bonchev–Trinajstić information content (AvgIpc) is 3.35. The van der Waals surface area contributed by atoms with Crippen molar-refractivity contribution in [3.8, 4) is 0 Å². The second kappa shape index (κ2) is 11.3. The molecule has 0 bridgehead atoms. The van der Waals surface area contributed by atoms with Gasteiger partial charge in [-0.05, 0) is 44.4 Å². The Labute approximate surface area is 189 Å². The van der Waals surface area contributed by atoms with E-state index >= 15 is 0 Å². The fraction of sp³-hybridized carbons (Fsp3) is 0.609. The van der Waals surface area contributed by atoms with E-state index in [0.29, 0.717) is 24.2 Å². The SMILES string of the molecule is CN=C(NCCNC(=O)c1ccc(C)c(F)c1)N1CCN(C(C)C(=O)N2CCCC2)CC1. The van der Waals surface area contributed by atoms with Crippen molar-refractivity contribution in [3.05, 3.63) is 35.1 Å². The van der Waals surface area contributed by atoms with E-state index in [2.05, 4.69) is 25.4 Å². The third kappa shape index (κ3) is 5.97. The predicted octanol–water partition coefficient (Wildman–Crippen LogP) is 1.07. The first kappa shape index (κ1) is 24.0. The van der Waals surface area contributed by atoms with Gasteiger partial charge in [-0.25, -0.2) is 4.39 Å². The van der Waals surface area contributed by atoms with Crippen LogP contribution in [0.25, 0.3) is 0 Å². The summed E-state index contributed by atoms with van der Waals surface area (Å²) in [5.74, 6) is 0.333. The van der Waals surface area contributed by atoms with Gasteiger partial charge in [-0.3, -0.25) is 19.5 Å². The van der Waals surface area contributed by atoms with Crippen LogP contribution in [0.1, 0.15) is 35.7 Å². The second-order valence-electron chi connectivity index (χ2n) is 8.43. The molecule has 2 saturated heterocycles. The molecule has 1 atom stereocenters. The van der Waals surface area contributed by atoms with Gasteiger partial charge in [0.1, 0.15) is 5.82 Å². The summed E-state index contributed by atoms with van der Waals surface area (Å²) in [4.78, 5) is 35.6. The number of benzene rings is 1. The molecule has 0 saturated carbocycles. The molecule has 0 aromatic heterocycles. The van der Waals surface area contributed by atoms with Gasteiger partial charge in [-0.1, -0.05) is 6.07 Å². The third-order valence-electron chi connectivity index (χ3n) is 6.28. The van der Waals surface area contributed by atoms with Gasteiger partial charge < -0.3 is 20.4 Å². The third-order valence-corrected chi connectivity index (χ3v) is 6.28. The summed E-state index contributed by atoms with van der Waals surface area (Å²) in [6.45, 7) is 9.52. The maximum atomic E-state index is 13.6. The van der Waals surface area contributed by atoms with E-state index in [1.54, 1.807) is 26.1 Å².